The molecule has 1 fully saturated rings. The number of hydrogen-bond donors (Lipinski definition) is 3. The van der Waals surface area contributed by atoms with E-state index in [1.807, 2.05) is 12.1 Å². The number of aliphatic hydroxyl groups is 1. The molecule has 1 saturated heterocycles. The molecular formula is C23H30N2O6S. The highest BCUT2D eigenvalue weighted by Crippen LogP contribution is 2.27. The Balaban J connectivity index is 1.69. The van der Waals surface area contributed by atoms with Gasteiger partial charge < -0.3 is 9.84 Å². The molecule has 1 amide bonds. The Hall–Kier alpha value is -2.46. The van der Waals surface area contributed by atoms with Crippen LogP contribution in [-0.4, -0.2) is 47.6 Å². The van der Waals surface area contributed by atoms with E-state index < -0.39 is 28.1 Å². The van der Waals surface area contributed by atoms with Gasteiger partial charge >= 0.3 is 0 Å². The SMILES string of the molecule is CC(C)(C)c1ccc(COc2ccc(S(=O)(=O)N3CCC(O)CC3C(=O)NO)cc2)cc1. The number of rotatable bonds is 6. The predicted molar refractivity (Wildman–Crippen MR) is 119 cm³/mol. The highest BCUT2D eigenvalue weighted by atomic mass is 32.2. The van der Waals surface area contributed by atoms with Crippen LogP contribution in [0.2, 0.25) is 0 Å². The van der Waals surface area contributed by atoms with Crippen molar-refractivity contribution in [3.8, 4) is 5.75 Å². The number of carbonyl (C=O) groups excluding carboxylic acids is 1. The van der Waals surface area contributed by atoms with Gasteiger partial charge in [0.1, 0.15) is 18.4 Å². The number of nitrogens with zero attached hydrogens (tertiary/aromatic N) is 1. The molecule has 0 radical (unpaired) electrons. The summed E-state index contributed by atoms with van der Waals surface area (Å²) in [7, 11) is -4.00. The lowest BCUT2D eigenvalue weighted by Crippen LogP contribution is -2.54. The summed E-state index contributed by atoms with van der Waals surface area (Å²) in [6, 6.07) is 13.0. The van der Waals surface area contributed by atoms with Gasteiger partial charge in [-0.25, -0.2) is 13.9 Å². The standard InChI is InChI=1S/C23H30N2O6S/c1-23(2,3)17-6-4-16(5-7-17)15-31-19-8-10-20(11-9-19)32(29,30)25-13-12-18(26)14-21(25)22(27)24-28/h4-11,18,21,26,28H,12-15H2,1-3H3,(H,24,27). The predicted octanol–water partition coefficient (Wildman–Crippen LogP) is 2.58. The second-order valence-corrected chi connectivity index (χ2v) is 10.9. The third kappa shape index (κ3) is 5.47. The molecule has 174 valence electrons. The van der Waals surface area contributed by atoms with Gasteiger partial charge in [-0.3, -0.25) is 10.0 Å². The molecule has 9 heteroatoms. The zero-order valence-corrected chi connectivity index (χ0v) is 19.3. The van der Waals surface area contributed by atoms with Gasteiger partial charge in [0.05, 0.1) is 11.0 Å². The zero-order chi connectivity index (χ0) is 23.5. The number of carbonyl (C=O) groups is 1. The number of piperidine rings is 1. The maximum absolute atomic E-state index is 13.1. The van der Waals surface area contributed by atoms with Crippen molar-refractivity contribution in [2.45, 2.75) is 62.7 Å². The van der Waals surface area contributed by atoms with E-state index in [1.165, 1.54) is 23.2 Å². The minimum absolute atomic E-state index is 0.00603. The van der Waals surface area contributed by atoms with E-state index in [0.717, 1.165) is 9.87 Å². The normalized spacial score (nSPS) is 20.0. The summed E-state index contributed by atoms with van der Waals surface area (Å²) in [5.41, 5.74) is 3.79. The van der Waals surface area contributed by atoms with E-state index in [0.29, 0.717) is 12.4 Å². The zero-order valence-electron chi connectivity index (χ0n) is 18.5. The molecule has 0 spiro atoms. The summed E-state index contributed by atoms with van der Waals surface area (Å²) in [6.45, 7) is 6.78. The second kappa shape index (κ2) is 9.58. The van der Waals surface area contributed by atoms with Crippen molar-refractivity contribution < 1.29 is 28.3 Å². The van der Waals surface area contributed by atoms with E-state index in [2.05, 4.69) is 32.9 Å². The lowest BCUT2D eigenvalue weighted by molar-refractivity contribution is -0.135. The Kier molecular flexibility index (Phi) is 7.24. The van der Waals surface area contributed by atoms with Crippen LogP contribution in [-0.2, 0) is 26.8 Å². The van der Waals surface area contributed by atoms with Crippen molar-refractivity contribution in [3.63, 3.8) is 0 Å². The van der Waals surface area contributed by atoms with Gasteiger partial charge in [0, 0.05) is 6.54 Å². The van der Waals surface area contributed by atoms with Gasteiger partial charge in [0.25, 0.3) is 5.91 Å². The smallest absolute Gasteiger partial charge is 0.261 e. The first-order valence-electron chi connectivity index (χ1n) is 10.5. The van der Waals surface area contributed by atoms with Crippen LogP contribution in [0.5, 0.6) is 5.75 Å². The average molecular weight is 463 g/mol. The van der Waals surface area contributed by atoms with Crippen LogP contribution in [0.15, 0.2) is 53.4 Å². The van der Waals surface area contributed by atoms with E-state index in [-0.39, 0.29) is 29.7 Å². The van der Waals surface area contributed by atoms with E-state index >= 15 is 0 Å². The summed E-state index contributed by atoms with van der Waals surface area (Å²) in [4.78, 5) is 12.0. The van der Waals surface area contributed by atoms with Crippen molar-refractivity contribution in [3.05, 3.63) is 59.7 Å². The van der Waals surface area contributed by atoms with Crippen LogP contribution in [0.4, 0.5) is 0 Å². The van der Waals surface area contributed by atoms with E-state index in [1.54, 1.807) is 12.1 Å². The lowest BCUT2D eigenvalue weighted by atomic mass is 9.87. The van der Waals surface area contributed by atoms with Gasteiger partial charge in [-0.15, -0.1) is 0 Å². The molecule has 3 N–H and O–H groups in total. The molecule has 2 aromatic carbocycles. The second-order valence-electron chi connectivity index (χ2n) is 8.99. The molecule has 32 heavy (non-hydrogen) atoms. The molecule has 0 aromatic heterocycles. The number of hydrogen-bond acceptors (Lipinski definition) is 6. The molecule has 0 saturated carbocycles. The molecule has 2 aromatic rings. The van der Waals surface area contributed by atoms with Gasteiger partial charge in [-0.2, -0.15) is 4.31 Å². The molecule has 2 unspecified atom stereocenters. The van der Waals surface area contributed by atoms with Crippen LogP contribution < -0.4 is 10.2 Å². The molecule has 2 atom stereocenters. The van der Waals surface area contributed by atoms with Crippen LogP contribution in [0.3, 0.4) is 0 Å². The summed E-state index contributed by atoms with van der Waals surface area (Å²) in [6.07, 6.45) is -0.679. The number of hydroxylamine groups is 1. The molecule has 0 aliphatic carbocycles. The largest absolute Gasteiger partial charge is 0.489 e. The van der Waals surface area contributed by atoms with E-state index in [4.69, 9.17) is 9.94 Å². The first kappa shape index (κ1) is 24.2. The molecule has 1 heterocycles. The van der Waals surface area contributed by atoms with Crippen LogP contribution >= 0.6 is 0 Å². The topological polar surface area (TPSA) is 116 Å². The van der Waals surface area contributed by atoms with Gasteiger partial charge in [0.15, 0.2) is 0 Å². The van der Waals surface area contributed by atoms with Crippen LogP contribution in [0.1, 0.15) is 44.7 Å². The molecule has 3 rings (SSSR count). The van der Waals surface area contributed by atoms with Crippen LogP contribution in [0.25, 0.3) is 0 Å². The van der Waals surface area contributed by atoms with Crippen molar-refractivity contribution in [1.29, 1.82) is 0 Å². The Morgan fingerprint density at radius 2 is 1.75 bits per heavy atom. The number of amides is 1. The summed E-state index contributed by atoms with van der Waals surface area (Å²) in [5.74, 6) is -0.354. The first-order chi connectivity index (χ1) is 15.0. The number of nitrogens with one attached hydrogen (secondary N) is 1. The van der Waals surface area contributed by atoms with E-state index in [9.17, 15) is 18.3 Å². The number of ether oxygens (including phenoxy) is 1. The number of benzene rings is 2. The van der Waals surface area contributed by atoms with Crippen molar-refractivity contribution in [2.24, 2.45) is 0 Å². The van der Waals surface area contributed by atoms with Gasteiger partial charge in [-0.1, -0.05) is 45.0 Å². The minimum atomic E-state index is -4.00. The summed E-state index contributed by atoms with van der Waals surface area (Å²) < 4.78 is 32.9. The lowest BCUT2D eigenvalue weighted by Gasteiger charge is -2.35. The fraction of sp³-hybridized carbons (Fsp3) is 0.435. The first-order valence-corrected chi connectivity index (χ1v) is 11.9. The molecule has 8 nitrogen and oxygen atoms in total. The van der Waals surface area contributed by atoms with Gasteiger partial charge in [0.2, 0.25) is 10.0 Å². The van der Waals surface area contributed by atoms with Crippen molar-refractivity contribution in [1.82, 2.24) is 9.79 Å². The fourth-order valence-electron chi connectivity index (χ4n) is 3.64. The van der Waals surface area contributed by atoms with Crippen molar-refractivity contribution >= 4 is 15.9 Å². The highest BCUT2D eigenvalue weighted by Gasteiger charge is 2.40. The Morgan fingerprint density at radius 3 is 2.31 bits per heavy atom. The Morgan fingerprint density at radius 1 is 1.12 bits per heavy atom. The maximum atomic E-state index is 13.1. The number of aliphatic hydroxyl groups excluding tert-OH is 1. The monoisotopic (exact) mass is 462 g/mol. The van der Waals surface area contributed by atoms with Gasteiger partial charge in [-0.05, 0) is 53.6 Å². The highest BCUT2D eigenvalue weighted by molar-refractivity contribution is 7.89. The van der Waals surface area contributed by atoms with Crippen LogP contribution in [0, 0.1) is 0 Å². The molecule has 1 aliphatic heterocycles. The minimum Gasteiger partial charge on any atom is -0.489 e. The quantitative estimate of drug-likeness (QED) is 0.449. The number of sulfonamides is 1. The van der Waals surface area contributed by atoms with Crippen molar-refractivity contribution in [2.75, 3.05) is 6.54 Å². The molecular weight excluding hydrogens is 432 g/mol. The Bertz CT molecular complexity index is 1030. The maximum Gasteiger partial charge on any atom is 0.261 e. The third-order valence-corrected chi connectivity index (χ3v) is 7.52. The summed E-state index contributed by atoms with van der Waals surface area (Å²) in [5, 5.41) is 18.8. The summed E-state index contributed by atoms with van der Waals surface area (Å²) >= 11 is 0. The average Bonchev–Trinajstić information content (AvgIpc) is 2.77. The fourth-order valence-corrected chi connectivity index (χ4v) is 5.25. The molecule has 0 bridgehead atoms. The molecule has 1 aliphatic rings. The Labute approximate surface area is 188 Å². The third-order valence-electron chi connectivity index (χ3n) is 5.59.